The molecule has 4 amide bonds. The van der Waals surface area contributed by atoms with Crippen LogP contribution in [0.1, 0.15) is 33.0 Å². The van der Waals surface area contributed by atoms with Crippen molar-refractivity contribution in [2.24, 2.45) is 0 Å². The van der Waals surface area contributed by atoms with Gasteiger partial charge in [-0.3, -0.25) is 14.9 Å². The van der Waals surface area contributed by atoms with Gasteiger partial charge in [0, 0.05) is 22.7 Å². The number of aryl methyl sites for hydroxylation is 1. The number of benzene rings is 2. The standard InChI is InChI=1S/C27H21N3O6/c1-15-6-5-9-21(16(15)2)30-25(32)20(24(31)28-27(30)35)12-17-13-29(22-8-4-3-7-19(17)22)14-18-10-11-23(36-18)26(33)34/h3-13H,14H2,1-2H3,(H,33,34)(H,28,31,35)/b20-12+. The molecule has 0 spiro atoms. The van der Waals surface area contributed by atoms with Crippen molar-refractivity contribution in [2.45, 2.75) is 20.4 Å². The fourth-order valence-corrected chi connectivity index (χ4v) is 4.28. The first-order chi connectivity index (χ1) is 17.2. The number of hydrogen-bond acceptors (Lipinski definition) is 5. The third-order valence-corrected chi connectivity index (χ3v) is 6.24. The first-order valence-electron chi connectivity index (χ1n) is 11.1. The molecule has 0 saturated carbocycles. The largest absolute Gasteiger partial charge is 0.475 e. The Morgan fingerprint density at radius 2 is 1.81 bits per heavy atom. The maximum Gasteiger partial charge on any atom is 0.371 e. The molecule has 0 bridgehead atoms. The van der Waals surface area contributed by atoms with Gasteiger partial charge in [0.05, 0.1) is 12.2 Å². The van der Waals surface area contributed by atoms with E-state index in [1.54, 1.807) is 24.4 Å². The fourth-order valence-electron chi connectivity index (χ4n) is 4.28. The minimum Gasteiger partial charge on any atom is -0.475 e. The Labute approximate surface area is 205 Å². The summed E-state index contributed by atoms with van der Waals surface area (Å²) >= 11 is 0. The van der Waals surface area contributed by atoms with E-state index < -0.39 is 23.8 Å². The Morgan fingerprint density at radius 1 is 1.03 bits per heavy atom. The number of aromatic carboxylic acids is 1. The zero-order valence-corrected chi connectivity index (χ0v) is 19.4. The summed E-state index contributed by atoms with van der Waals surface area (Å²) in [6, 6.07) is 14.8. The Morgan fingerprint density at radius 3 is 2.56 bits per heavy atom. The van der Waals surface area contributed by atoms with Crippen molar-refractivity contribution in [3.8, 4) is 0 Å². The second kappa shape index (κ2) is 8.70. The van der Waals surface area contributed by atoms with Gasteiger partial charge in [-0.2, -0.15) is 0 Å². The Hall–Kier alpha value is -4.92. The number of carboxylic acid groups (broad SMARTS) is 1. The van der Waals surface area contributed by atoms with Gasteiger partial charge in [0.1, 0.15) is 11.3 Å². The van der Waals surface area contributed by atoms with Crippen LogP contribution in [0.25, 0.3) is 17.0 Å². The van der Waals surface area contributed by atoms with Gasteiger partial charge < -0.3 is 14.1 Å². The molecule has 180 valence electrons. The summed E-state index contributed by atoms with van der Waals surface area (Å²) in [6.07, 6.45) is 3.21. The normalized spacial score (nSPS) is 15.1. The molecule has 1 saturated heterocycles. The predicted octanol–water partition coefficient (Wildman–Crippen LogP) is 4.26. The smallest absolute Gasteiger partial charge is 0.371 e. The summed E-state index contributed by atoms with van der Waals surface area (Å²) in [4.78, 5) is 50.9. The van der Waals surface area contributed by atoms with Crippen LogP contribution in [0.3, 0.4) is 0 Å². The molecule has 3 heterocycles. The van der Waals surface area contributed by atoms with E-state index in [9.17, 15) is 19.2 Å². The summed E-state index contributed by atoms with van der Waals surface area (Å²) in [7, 11) is 0. The minimum absolute atomic E-state index is 0.163. The number of furan rings is 1. The molecule has 4 aromatic rings. The van der Waals surface area contributed by atoms with E-state index in [1.165, 1.54) is 12.1 Å². The highest BCUT2D eigenvalue weighted by Crippen LogP contribution is 2.29. The van der Waals surface area contributed by atoms with Crippen molar-refractivity contribution in [1.29, 1.82) is 0 Å². The number of anilines is 1. The molecule has 1 aliphatic heterocycles. The Kier molecular flexibility index (Phi) is 5.52. The second-order valence-electron chi connectivity index (χ2n) is 8.48. The lowest BCUT2D eigenvalue weighted by atomic mass is 10.0. The molecule has 0 unspecified atom stereocenters. The predicted molar refractivity (Wildman–Crippen MR) is 132 cm³/mol. The van der Waals surface area contributed by atoms with E-state index >= 15 is 0 Å². The molecule has 0 atom stereocenters. The molecule has 9 heteroatoms. The van der Waals surface area contributed by atoms with Crippen LogP contribution in [0.4, 0.5) is 10.5 Å². The van der Waals surface area contributed by atoms with E-state index in [-0.39, 0.29) is 17.9 Å². The highest BCUT2D eigenvalue weighted by atomic mass is 16.4. The number of nitrogens with one attached hydrogen (secondary N) is 1. The average Bonchev–Trinajstić information content (AvgIpc) is 3.45. The van der Waals surface area contributed by atoms with Crippen LogP contribution in [0, 0.1) is 13.8 Å². The number of nitrogens with zero attached hydrogens (tertiary/aromatic N) is 2. The third-order valence-electron chi connectivity index (χ3n) is 6.24. The number of rotatable bonds is 5. The number of amides is 4. The maximum atomic E-state index is 13.4. The fraction of sp³-hybridized carbons (Fsp3) is 0.111. The summed E-state index contributed by atoms with van der Waals surface area (Å²) in [6.45, 7) is 3.92. The first kappa shape index (κ1) is 22.9. The number of urea groups is 1. The molecule has 1 aliphatic rings. The van der Waals surface area contributed by atoms with E-state index in [2.05, 4.69) is 5.32 Å². The highest BCUT2D eigenvalue weighted by Gasteiger charge is 2.37. The van der Waals surface area contributed by atoms with Crippen molar-refractivity contribution < 1.29 is 28.7 Å². The molecule has 2 N–H and O–H groups in total. The SMILES string of the molecule is Cc1cccc(N2C(=O)NC(=O)/C(=C\c3cn(Cc4ccc(C(=O)O)o4)c4ccccc34)C2=O)c1C. The number of imide groups is 2. The lowest BCUT2D eigenvalue weighted by Gasteiger charge is -2.28. The van der Waals surface area contributed by atoms with Crippen molar-refractivity contribution >= 4 is 46.5 Å². The second-order valence-corrected chi connectivity index (χ2v) is 8.48. The molecular formula is C27H21N3O6. The number of hydrogen-bond donors (Lipinski definition) is 2. The van der Waals surface area contributed by atoms with Gasteiger partial charge >= 0.3 is 12.0 Å². The van der Waals surface area contributed by atoms with E-state index in [0.717, 1.165) is 26.9 Å². The van der Waals surface area contributed by atoms with Crippen LogP contribution in [-0.2, 0) is 16.1 Å². The molecule has 5 rings (SSSR count). The topological polar surface area (TPSA) is 122 Å². The number of barbiturate groups is 1. The van der Waals surface area contributed by atoms with Crippen LogP contribution >= 0.6 is 0 Å². The summed E-state index contributed by atoms with van der Waals surface area (Å²) in [5.41, 5.74) is 3.27. The lowest BCUT2D eigenvalue weighted by Crippen LogP contribution is -2.54. The highest BCUT2D eigenvalue weighted by molar-refractivity contribution is 6.39. The number of carboxylic acids is 1. The summed E-state index contributed by atoms with van der Waals surface area (Å²) < 4.78 is 7.23. The van der Waals surface area contributed by atoms with Crippen LogP contribution in [0.5, 0.6) is 0 Å². The number of para-hydroxylation sites is 1. The third kappa shape index (κ3) is 3.86. The van der Waals surface area contributed by atoms with Gasteiger partial charge in [-0.25, -0.2) is 14.5 Å². The van der Waals surface area contributed by atoms with Crippen molar-refractivity contribution in [3.05, 3.63) is 94.6 Å². The molecule has 2 aromatic carbocycles. The van der Waals surface area contributed by atoms with E-state index in [0.29, 0.717) is 17.0 Å². The van der Waals surface area contributed by atoms with Gasteiger partial charge in [-0.15, -0.1) is 0 Å². The monoisotopic (exact) mass is 483 g/mol. The summed E-state index contributed by atoms with van der Waals surface area (Å²) in [5.74, 6) is -2.38. The van der Waals surface area contributed by atoms with Gasteiger partial charge in [-0.05, 0) is 55.3 Å². The van der Waals surface area contributed by atoms with Crippen molar-refractivity contribution in [1.82, 2.24) is 9.88 Å². The van der Waals surface area contributed by atoms with Gasteiger partial charge in [0.2, 0.25) is 5.76 Å². The molecule has 0 radical (unpaired) electrons. The zero-order chi connectivity index (χ0) is 25.6. The number of carbonyl (C=O) groups excluding carboxylic acids is 3. The molecule has 9 nitrogen and oxygen atoms in total. The maximum absolute atomic E-state index is 13.4. The van der Waals surface area contributed by atoms with Crippen LogP contribution in [-0.4, -0.2) is 33.5 Å². The molecule has 2 aromatic heterocycles. The van der Waals surface area contributed by atoms with Crippen LogP contribution < -0.4 is 10.2 Å². The van der Waals surface area contributed by atoms with Crippen molar-refractivity contribution in [3.63, 3.8) is 0 Å². The average molecular weight is 483 g/mol. The zero-order valence-electron chi connectivity index (χ0n) is 19.4. The Balaban J connectivity index is 1.57. The van der Waals surface area contributed by atoms with Gasteiger partial charge in [0.25, 0.3) is 11.8 Å². The minimum atomic E-state index is -1.16. The molecule has 36 heavy (non-hydrogen) atoms. The van der Waals surface area contributed by atoms with E-state index in [1.807, 2.05) is 48.7 Å². The molecular weight excluding hydrogens is 462 g/mol. The van der Waals surface area contributed by atoms with Gasteiger partial charge in [0.15, 0.2) is 0 Å². The Bertz CT molecular complexity index is 1610. The number of carbonyl (C=O) groups is 4. The molecule has 0 aliphatic carbocycles. The van der Waals surface area contributed by atoms with Crippen LogP contribution in [0.15, 0.2) is 70.8 Å². The number of fused-ring (bicyclic) bond motifs is 1. The van der Waals surface area contributed by atoms with E-state index in [4.69, 9.17) is 9.52 Å². The summed E-state index contributed by atoms with van der Waals surface area (Å²) in [5, 5.41) is 12.2. The van der Waals surface area contributed by atoms with Gasteiger partial charge in [-0.1, -0.05) is 30.3 Å². The number of aromatic nitrogens is 1. The molecule has 1 fully saturated rings. The quantitative estimate of drug-likeness (QED) is 0.323. The van der Waals surface area contributed by atoms with Crippen LogP contribution in [0.2, 0.25) is 0 Å². The lowest BCUT2D eigenvalue weighted by molar-refractivity contribution is -0.122. The van der Waals surface area contributed by atoms with Crippen molar-refractivity contribution in [2.75, 3.05) is 4.90 Å². The first-order valence-corrected chi connectivity index (χ1v) is 11.1.